The predicted molar refractivity (Wildman–Crippen MR) is 129 cm³/mol. The Hall–Kier alpha value is -1.62. The quantitative estimate of drug-likeness (QED) is 0.321. The fourth-order valence-electron chi connectivity index (χ4n) is 3.21. The molecule has 0 radical (unpaired) electrons. The van der Waals surface area contributed by atoms with E-state index in [4.69, 9.17) is 9.72 Å². The molecule has 9 heteroatoms. The maximum Gasteiger partial charge on any atom is 0.191 e. The van der Waals surface area contributed by atoms with Crippen molar-refractivity contribution < 1.29 is 9.13 Å². The third-order valence-corrected chi connectivity index (χ3v) is 5.79. The number of aromatic nitrogens is 1. The highest BCUT2D eigenvalue weighted by atomic mass is 127. The van der Waals surface area contributed by atoms with E-state index in [1.54, 1.807) is 24.5 Å². The van der Waals surface area contributed by atoms with Gasteiger partial charge in [0.1, 0.15) is 0 Å². The molecule has 2 N–H and O–H groups in total. The van der Waals surface area contributed by atoms with Crippen molar-refractivity contribution in [2.75, 3.05) is 38.7 Å². The third-order valence-electron chi connectivity index (χ3n) is 4.84. The van der Waals surface area contributed by atoms with Crippen molar-refractivity contribution in [3.8, 4) is 5.75 Å². The van der Waals surface area contributed by atoms with Gasteiger partial charge in [-0.1, -0.05) is 6.07 Å². The molecule has 0 saturated carbocycles. The second kappa shape index (κ2) is 11.5. The number of benzene rings is 1. The zero-order chi connectivity index (χ0) is 19.9. The molecule has 2 aromatic rings. The summed E-state index contributed by atoms with van der Waals surface area (Å²) >= 11 is 1.72. The first-order valence-corrected chi connectivity index (χ1v) is 10.5. The van der Waals surface area contributed by atoms with Gasteiger partial charge < -0.3 is 20.3 Å². The van der Waals surface area contributed by atoms with Crippen LogP contribution >= 0.6 is 35.3 Å². The van der Waals surface area contributed by atoms with Gasteiger partial charge in [0.25, 0.3) is 0 Å². The minimum absolute atomic E-state index is 0. The second-order valence-corrected chi connectivity index (χ2v) is 7.66. The van der Waals surface area contributed by atoms with Crippen LogP contribution in [0.25, 0.3) is 0 Å². The highest BCUT2D eigenvalue weighted by Crippen LogP contribution is 2.24. The molecular formula is C20H29FIN5OS. The lowest BCUT2D eigenvalue weighted by Gasteiger charge is -2.18. The Balaban J connectivity index is 0.00000300. The van der Waals surface area contributed by atoms with E-state index in [-0.39, 0.29) is 41.6 Å². The van der Waals surface area contributed by atoms with E-state index in [2.05, 4.69) is 25.9 Å². The van der Waals surface area contributed by atoms with E-state index in [0.717, 1.165) is 42.4 Å². The summed E-state index contributed by atoms with van der Waals surface area (Å²) in [4.78, 5) is 11.4. The SMILES string of the molecule is CN=C(NCCc1csc(N2CCCC2)n1)NC(C)c1ccc(OC)c(F)c1.I. The van der Waals surface area contributed by atoms with Crippen molar-refractivity contribution in [1.29, 1.82) is 0 Å². The summed E-state index contributed by atoms with van der Waals surface area (Å²) in [6, 6.07) is 4.88. The van der Waals surface area contributed by atoms with Gasteiger partial charge in [-0.05, 0) is 37.5 Å². The predicted octanol–water partition coefficient (Wildman–Crippen LogP) is 3.98. The van der Waals surface area contributed by atoms with Crippen LogP contribution in [-0.2, 0) is 6.42 Å². The maximum absolute atomic E-state index is 13.9. The van der Waals surface area contributed by atoms with Crippen molar-refractivity contribution in [2.45, 2.75) is 32.2 Å². The number of guanidine groups is 1. The molecule has 1 aliphatic rings. The molecule has 1 saturated heterocycles. The maximum atomic E-state index is 13.9. The number of nitrogens with one attached hydrogen (secondary N) is 2. The number of methoxy groups -OCH3 is 1. The van der Waals surface area contributed by atoms with E-state index in [9.17, 15) is 4.39 Å². The molecule has 1 aliphatic heterocycles. The van der Waals surface area contributed by atoms with Gasteiger partial charge in [-0.25, -0.2) is 9.37 Å². The second-order valence-electron chi connectivity index (χ2n) is 6.82. The molecule has 1 atom stereocenters. The minimum Gasteiger partial charge on any atom is -0.494 e. The summed E-state index contributed by atoms with van der Waals surface area (Å²) in [7, 11) is 3.19. The van der Waals surface area contributed by atoms with E-state index in [1.807, 2.05) is 13.0 Å². The van der Waals surface area contributed by atoms with E-state index < -0.39 is 0 Å². The Bertz CT molecular complexity index is 810. The van der Waals surface area contributed by atoms with Crippen molar-refractivity contribution in [2.24, 2.45) is 4.99 Å². The molecule has 3 rings (SSSR count). The number of ether oxygens (including phenoxy) is 1. The number of hydrogen-bond donors (Lipinski definition) is 2. The molecule has 6 nitrogen and oxygen atoms in total. The molecule has 1 unspecified atom stereocenters. The molecule has 1 aromatic heterocycles. The number of nitrogens with zero attached hydrogens (tertiary/aromatic N) is 3. The number of anilines is 1. The van der Waals surface area contributed by atoms with Gasteiger partial charge in [-0.15, -0.1) is 35.3 Å². The molecule has 0 spiro atoms. The number of thiazole rings is 1. The average molecular weight is 533 g/mol. The number of aliphatic imine (C=N–C) groups is 1. The van der Waals surface area contributed by atoms with Crippen molar-refractivity contribution >= 4 is 46.4 Å². The van der Waals surface area contributed by atoms with Gasteiger partial charge in [0.15, 0.2) is 22.7 Å². The van der Waals surface area contributed by atoms with Crippen LogP contribution in [0.5, 0.6) is 5.75 Å². The number of halogens is 2. The summed E-state index contributed by atoms with van der Waals surface area (Å²) < 4.78 is 18.9. The Labute approximate surface area is 193 Å². The lowest BCUT2D eigenvalue weighted by molar-refractivity contribution is 0.386. The lowest BCUT2D eigenvalue weighted by Crippen LogP contribution is -2.39. The van der Waals surface area contributed by atoms with Crippen LogP contribution in [0, 0.1) is 5.82 Å². The molecular weight excluding hydrogens is 504 g/mol. The summed E-state index contributed by atoms with van der Waals surface area (Å²) in [5.41, 5.74) is 1.93. The van der Waals surface area contributed by atoms with Gasteiger partial charge in [-0.2, -0.15) is 0 Å². The number of hydrogen-bond acceptors (Lipinski definition) is 5. The Kier molecular flexibility index (Phi) is 9.41. The molecule has 29 heavy (non-hydrogen) atoms. The van der Waals surface area contributed by atoms with Crippen LogP contribution in [0.2, 0.25) is 0 Å². The molecule has 0 amide bonds. The standard InChI is InChI=1S/C20H28FN5OS.HI/c1-14(15-6-7-18(27-3)17(21)12-15)24-19(22-2)23-9-8-16-13-28-20(25-16)26-10-4-5-11-26;/h6-7,12-14H,4-5,8-11H2,1-3H3,(H2,22,23,24);1H. The van der Waals surface area contributed by atoms with E-state index in [0.29, 0.717) is 5.96 Å². The fourth-order valence-corrected chi connectivity index (χ4v) is 4.12. The highest BCUT2D eigenvalue weighted by Gasteiger charge is 2.16. The molecule has 0 bridgehead atoms. The summed E-state index contributed by atoms with van der Waals surface area (Å²) in [5.74, 6) is 0.558. The number of rotatable bonds is 7. The molecule has 2 heterocycles. The van der Waals surface area contributed by atoms with E-state index in [1.165, 1.54) is 26.0 Å². The molecule has 0 aliphatic carbocycles. The Morgan fingerprint density at radius 2 is 2.14 bits per heavy atom. The molecule has 160 valence electrons. The van der Waals surface area contributed by atoms with Crippen molar-refractivity contribution in [3.63, 3.8) is 0 Å². The molecule has 1 fully saturated rings. The first kappa shape index (κ1) is 23.7. The Morgan fingerprint density at radius 1 is 1.38 bits per heavy atom. The van der Waals surface area contributed by atoms with E-state index >= 15 is 0 Å². The summed E-state index contributed by atoms with van der Waals surface area (Å²) in [6.45, 7) is 4.93. The van der Waals surface area contributed by atoms with Crippen LogP contribution in [0.15, 0.2) is 28.6 Å². The van der Waals surface area contributed by atoms with Gasteiger partial charge in [0.05, 0.1) is 18.8 Å². The zero-order valence-corrected chi connectivity index (χ0v) is 20.2. The van der Waals surface area contributed by atoms with Crippen LogP contribution in [-0.4, -0.2) is 44.7 Å². The van der Waals surface area contributed by atoms with Crippen molar-refractivity contribution in [3.05, 3.63) is 40.7 Å². The fraction of sp³-hybridized carbons (Fsp3) is 0.500. The van der Waals surface area contributed by atoms with Crippen LogP contribution in [0.4, 0.5) is 9.52 Å². The minimum atomic E-state index is -0.367. The van der Waals surface area contributed by atoms with Crippen LogP contribution in [0.1, 0.15) is 37.1 Å². The normalized spacial score (nSPS) is 15.0. The summed E-state index contributed by atoms with van der Waals surface area (Å²) in [6.07, 6.45) is 3.35. The highest BCUT2D eigenvalue weighted by molar-refractivity contribution is 14.0. The summed E-state index contributed by atoms with van der Waals surface area (Å²) in [5, 5.41) is 9.86. The third kappa shape index (κ3) is 6.43. The topological polar surface area (TPSA) is 61.8 Å². The molecule has 1 aromatic carbocycles. The van der Waals surface area contributed by atoms with Gasteiger partial charge in [0.2, 0.25) is 0 Å². The van der Waals surface area contributed by atoms with Crippen molar-refractivity contribution in [1.82, 2.24) is 15.6 Å². The van der Waals surface area contributed by atoms with Gasteiger partial charge >= 0.3 is 0 Å². The monoisotopic (exact) mass is 533 g/mol. The van der Waals surface area contributed by atoms with Gasteiger partial charge in [0, 0.05) is 38.5 Å². The largest absolute Gasteiger partial charge is 0.494 e. The van der Waals surface area contributed by atoms with Crippen LogP contribution < -0.4 is 20.3 Å². The lowest BCUT2D eigenvalue weighted by atomic mass is 10.1. The zero-order valence-electron chi connectivity index (χ0n) is 17.1. The van der Waals surface area contributed by atoms with Gasteiger partial charge in [-0.3, -0.25) is 4.99 Å². The van der Waals surface area contributed by atoms with Crippen LogP contribution in [0.3, 0.4) is 0 Å². The Morgan fingerprint density at radius 3 is 2.79 bits per heavy atom. The smallest absolute Gasteiger partial charge is 0.191 e. The average Bonchev–Trinajstić information content (AvgIpc) is 3.38. The first-order valence-electron chi connectivity index (χ1n) is 9.60. The first-order chi connectivity index (χ1) is 13.6.